The topological polar surface area (TPSA) is 68.2 Å². The van der Waals surface area contributed by atoms with E-state index in [1.807, 2.05) is 37.3 Å². The van der Waals surface area contributed by atoms with Crippen LogP contribution in [0, 0.1) is 0 Å². The molecule has 0 aliphatic carbocycles. The SMILES string of the molecule is CC[C@H]1SC2=NC(C)=C(C(=O)OCCOC)[C@H](c3ccccc3)N2C1=O. The highest BCUT2D eigenvalue weighted by atomic mass is 32.2. The summed E-state index contributed by atoms with van der Waals surface area (Å²) in [5.41, 5.74) is 1.86. The summed E-state index contributed by atoms with van der Waals surface area (Å²) in [6, 6.07) is 9.02. The second-order valence-corrected chi connectivity index (χ2v) is 7.23. The largest absolute Gasteiger partial charge is 0.460 e. The Labute approximate surface area is 157 Å². The molecule has 3 rings (SSSR count). The summed E-state index contributed by atoms with van der Waals surface area (Å²) in [4.78, 5) is 31.9. The molecule has 0 spiro atoms. The lowest BCUT2D eigenvalue weighted by Crippen LogP contribution is -2.40. The summed E-state index contributed by atoms with van der Waals surface area (Å²) in [7, 11) is 1.55. The van der Waals surface area contributed by atoms with Gasteiger partial charge in [-0.25, -0.2) is 9.79 Å². The van der Waals surface area contributed by atoms with Crippen molar-refractivity contribution in [3.05, 3.63) is 47.2 Å². The number of methoxy groups -OCH3 is 1. The lowest BCUT2D eigenvalue weighted by Gasteiger charge is -2.33. The first-order chi connectivity index (χ1) is 12.6. The van der Waals surface area contributed by atoms with Crippen molar-refractivity contribution in [3.8, 4) is 0 Å². The van der Waals surface area contributed by atoms with Gasteiger partial charge in [0.05, 0.1) is 29.2 Å². The van der Waals surface area contributed by atoms with Crippen molar-refractivity contribution in [1.29, 1.82) is 0 Å². The van der Waals surface area contributed by atoms with Gasteiger partial charge in [0, 0.05) is 7.11 Å². The number of aliphatic imine (C=N–C) groups is 1. The van der Waals surface area contributed by atoms with Crippen LogP contribution in [0.25, 0.3) is 0 Å². The molecule has 6 nitrogen and oxygen atoms in total. The fourth-order valence-corrected chi connectivity index (χ4v) is 4.23. The van der Waals surface area contributed by atoms with Gasteiger partial charge in [-0.1, -0.05) is 49.0 Å². The minimum absolute atomic E-state index is 0.0141. The standard InChI is InChI=1S/C19H22N2O4S/c1-4-14-17(22)21-16(13-8-6-5-7-9-13)15(12(2)20-19(21)26-14)18(23)25-11-10-24-3/h5-9,14,16H,4,10-11H2,1-3H3/t14-,16+/m1/s1. The van der Waals surface area contributed by atoms with Crippen LogP contribution in [0.5, 0.6) is 0 Å². The predicted octanol–water partition coefficient (Wildman–Crippen LogP) is 2.91. The van der Waals surface area contributed by atoms with Gasteiger partial charge in [-0.3, -0.25) is 9.69 Å². The average Bonchev–Trinajstić information content (AvgIpc) is 2.96. The molecule has 0 bridgehead atoms. The summed E-state index contributed by atoms with van der Waals surface area (Å²) in [5.74, 6) is -0.478. The number of fused-ring (bicyclic) bond motifs is 1. The number of rotatable bonds is 6. The van der Waals surface area contributed by atoms with E-state index in [2.05, 4.69) is 4.99 Å². The minimum atomic E-state index is -0.518. The summed E-state index contributed by atoms with van der Waals surface area (Å²) in [6.07, 6.45) is 0.715. The summed E-state index contributed by atoms with van der Waals surface area (Å²) in [5, 5.41) is 0.485. The normalized spacial score (nSPS) is 22.3. The molecule has 0 saturated carbocycles. The third-order valence-corrected chi connectivity index (χ3v) is 5.70. The molecule has 26 heavy (non-hydrogen) atoms. The Bertz CT molecular complexity index is 760. The zero-order valence-corrected chi connectivity index (χ0v) is 15.9. The number of amides is 1. The highest BCUT2D eigenvalue weighted by Crippen LogP contribution is 2.43. The molecule has 2 heterocycles. The molecule has 1 aromatic rings. The Hall–Kier alpha value is -2.12. The molecule has 2 aliphatic heterocycles. The van der Waals surface area contributed by atoms with Gasteiger partial charge < -0.3 is 9.47 Å². The molecular formula is C19H22N2O4S. The fraction of sp³-hybridized carbons (Fsp3) is 0.421. The smallest absolute Gasteiger partial charge is 0.338 e. The van der Waals surface area contributed by atoms with Gasteiger partial charge in [0.25, 0.3) is 0 Å². The predicted molar refractivity (Wildman–Crippen MR) is 101 cm³/mol. The van der Waals surface area contributed by atoms with Crippen LogP contribution in [0.3, 0.4) is 0 Å². The van der Waals surface area contributed by atoms with Gasteiger partial charge in [0.15, 0.2) is 5.17 Å². The van der Waals surface area contributed by atoms with Crippen molar-refractivity contribution in [3.63, 3.8) is 0 Å². The van der Waals surface area contributed by atoms with Crippen LogP contribution in [0.2, 0.25) is 0 Å². The molecule has 2 aliphatic rings. The summed E-state index contributed by atoms with van der Waals surface area (Å²) < 4.78 is 10.3. The highest BCUT2D eigenvalue weighted by molar-refractivity contribution is 8.15. The number of carbonyl (C=O) groups is 2. The number of thioether (sulfide) groups is 1. The van der Waals surface area contributed by atoms with E-state index in [1.165, 1.54) is 11.8 Å². The zero-order valence-electron chi connectivity index (χ0n) is 15.1. The number of benzene rings is 1. The van der Waals surface area contributed by atoms with Crippen molar-refractivity contribution in [2.75, 3.05) is 20.3 Å². The fourth-order valence-electron chi connectivity index (χ4n) is 3.10. The number of nitrogens with zero attached hydrogens (tertiary/aromatic N) is 2. The number of amidine groups is 1. The van der Waals surface area contributed by atoms with E-state index in [1.54, 1.807) is 18.9 Å². The Morgan fingerprint density at radius 2 is 2.00 bits per heavy atom. The highest BCUT2D eigenvalue weighted by Gasteiger charge is 2.47. The van der Waals surface area contributed by atoms with E-state index >= 15 is 0 Å². The van der Waals surface area contributed by atoms with Crippen molar-refractivity contribution < 1.29 is 19.1 Å². The number of hydrogen-bond acceptors (Lipinski definition) is 6. The molecule has 1 amide bonds. The maximum Gasteiger partial charge on any atom is 0.338 e. The van der Waals surface area contributed by atoms with Crippen LogP contribution in [-0.2, 0) is 19.1 Å². The lowest BCUT2D eigenvalue weighted by molar-refractivity contribution is -0.141. The monoisotopic (exact) mass is 374 g/mol. The van der Waals surface area contributed by atoms with Gasteiger partial charge in [-0.15, -0.1) is 0 Å². The van der Waals surface area contributed by atoms with Crippen LogP contribution in [-0.4, -0.2) is 47.5 Å². The minimum Gasteiger partial charge on any atom is -0.460 e. The second kappa shape index (κ2) is 8.05. The maximum absolute atomic E-state index is 12.9. The first-order valence-electron chi connectivity index (χ1n) is 8.58. The Balaban J connectivity index is 2.02. The van der Waals surface area contributed by atoms with E-state index in [9.17, 15) is 9.59 Å². The Morgan fingerprint density at radius 3 is 2.65 bits per heavy atom. The van der Waals surface area contributed by atoms with E-state index in [4.69, 9.17) is 9.47 Å². The number of carbonyl (C=O) groups excluding carboxylic acids is 2. The average molecular weight is 374 g/mol. The third-order valence-electron chi connectivity index (χ3n) is 4.38. The van der Waals surface area contributed by atoms with Gasteiger partial charge in [-0.05, 0) is 18.9 Å². The van der Waals surface area contributed by atoms with E-state index in [0.29, 0.717) is 29.5 Å². The van der Waals surface area contributed by atoms with E-state index in [0.717, 1.165) is 5.56 Å². The first-order valence-corrected chi connectivity index (χ1v) is 9.46. The number of ether oxygens (including phenoxy) is 2. The number of allylic oxidation sites excluding steroid dienone is 1. The van der Waals surface area contributed by atoms with Crippen molar-refractivity contribution in [1.82, 2.24) is 4.90 Å². The molecule has 0 N–H and O–H groups in total. The van der Waals surface area contributed by atoms with Gasteiger partial charge in [0.1, 0.15) is 6.61 Å². The van der Waals surface area contributed by atoms with Gasteiger partial charge >= 0.3 is 5.97 Å². The van der Waals surface area contributed by atoms with Crippen LogP contribution < -0.4 is 0 Å². The molecule has 0 radical (unpaired) electrons. The lowest BCUT2D eigenvalue weighted by atomic mass is 9.94. The molecule has 0 unspecified atom stereocenters. The Kier molecular flexibility index (Phi) is 5.78. The van der Waals surface area contributed by atoms with Gasteiger partial charge in [0.2, 0.25) is 5.91 Å². The zero-order chi connectivity index (χ0) is 18.7. The van der Waals surface area contributed by atoms with Crippen molar-refractivity contribution in [2.24, 2.45) is 4.99 Å². The Morgan fingerprint density at radius 1 is 1.27 bits per heavy atom. The quantitative estimate of drug-likeness (QED) is 0.566. The molecule has 1 fully saturated rings. The summed E-state index contributed by atoms with van der Waals surface area (Å²) >= 11 is 1.46. The van der Waals surface area contributed by atoms with Crippen LogP contribution in [0.1, 0.15) is 31.9 Å². The van der Waals surface area contributed by atoms with Crippen LogP contribution in [0.15, 0.2) is 46.6 Å². The molecule has 0 aromatic heterocycles. The maximum atomic E-state index is 12.9. The third kappa shape index (κ3) is 3.41. The molecule has 7 heteroatoms. The second-order valence-electron chi connectivity index (χ2n) is 6.06. The molecule has 138 valence electrons. The van der Waals surface area contributed by atoms with Crippen LogP contribution >= 0.6 is 11.8 Å². The van der Waals surface area contributed by atoms with Gasteiger partial charge in [-0.2, -0.15) is 0 Å². The molecule has 2 atom stereocenters. The first kappa shape index (κ1) is 18.7. The van der Waals surface area contributed by atoms with Crippen molar-refractivity contribution >= 4 is 28.8 Å². The number of hydrogen-bond donors (Lipinski definition) is 0. The molecule has 1 saturated heterocycles. The van der Waals surface area contributed by atoms with Crippen LogP contribution in [0.4, 0.5) is 0 Å². The van der Waals surface area contributed by atoms with E-state index in [-0.39, 0.29) is 17.8 Å². The van der Waals surface area contributed by atoms with Crippen molar-refractivity contribution in [2.45, 2.75) is 31.6 Å². The summed E-state index contributed by atoms with van der Waals surface area (Å²) in [6.45, 7) is 4.24. The van der Waals surface area contributed by atoms with E-state index < -0.39 is 12.0 Å². The number of esters is 1. The molecule has 1 aromatic carbocycles. The molecular weight excluding hydrogens is 352 g/mol.